The Kier molecular flexibility index (Phi) is 5.43. The van der Waals surface area contributed by atoms with Crippen molar-refractivity contribution in [3.63, 3.8) is 0 Å². The molecule has 0 unspecified atom stereocenters. The molecule has 1 rings (SSSR count). The fourth-order valence-corrected chi connectivity index (χ4v) is 1.71. The molecule has 0 bridgehead atoms. The minimum absolute atomic E-state index is 0.0496. The lowest BCUT2D eigenvalue weighted by Crippen LogP contribution is -2.35. The van der Waals surface area contributed by atoms with Gasteiger partial charge in [0.2, 0.25) is 0 Å². The quantitative estimate of drug-likeness (QED) is 0.796. The first-order chi connectivity index (χ1) is 9.64. The Morgan fingerprint density at radius 2 is 1.95 bits per heavy atom. The van der Waals surface area contributed by atoms with Crippen LogP contribution in [-0.4, -0.2) is 30.8 Å². The van der Waals surface area contributed by atoms with Crippen LogP contribution in [0.15, 0.2) is 12.1 Å². The first-order valence-corrected chi connectivity index (χ1v) is 6.67. The Bertz CT molecular complexity index is 553. The second-order valence-corrected chi connectivity index (χ2v) is 6.11. The summed E-state index contributed by atoms with van der Waals surface area (Å²) >= 11 is 5.98. The van der Waals surface area contributed by atoms with Crippen LogP contribution in [0.3, 0.4) is 0 Å². The molecule has 0 spiro atoms. The van der Waals surface area contributed by atoms with Crippen LogP contribution in [0, 0.1) is 5.41 Å². The molecule has 6 nitrogen and oxygen atoms in total. The largest absolute Gasteiger partial charge is 0.496 e. The summed E-state index contributed by atoms with van der Waals surface area (Å²) in [6, 6.07) is 2.20. The molecule has 0 atom stereocenters. The number of benzene rings is 1. The summed E-state index contributed by atoms with van der Waals surface area (Å²) in [7, 11) is 1.35. The van der Waals surface area contributed by atoms with Gasteiger partial charge in [0, 0.05) is 12.6 Å². The smallest absolute Gasteiger partial charge is 0.339 e. The molecule has 2 amide bonds. The highest BCUT2D eigenvalue weighted by Gasteiger charge is 2.17. The van der Waals surface area contributed by atoms with Gasteiger partial charge in [-0.05, 0) is 11.5 Å². The van der Waals surface area contributed by atoms with Gasteiger partial charge in [0.1, 0.15) is 11.3 Å². The third-order valence-electron chi connectivity index (χ3n) is 2.55. The number of hydrogen-bond donors (Lipinski definition) is 3. The molecule has 0 aromatic heterocycles. The van der Waals surface area contributed by atoms with E-state index in [1.165, 1.54) is 19.2 Å². The maximum Gasteiger partial charge on any atom is 0.339 e. The van der Waals surface area contributed by atoms with Crippen molar-refractivity contribution < 1.29 is 19.4 Å². The second-order valence-electron chi connectivity index (χ2n) is 5.71. The zero-order valence-corrected chi connectivity index (χ0v) is 13.2. The lowest BCUT2D eigenvalue weighted by Gasteiger charge is -2.19. The lowest BCUT2D eigenvalue weighted by molar-refractivity contribution is 0.0693. The number of aromatic carboxylic acids is 1. The maximum absolute atomic E-state index is 11.8. The van der Waals surface area contributed by atoms with Crippen molar-refractivity contribution in [1.29, 1.82) is 0 Å². The van der Waals surface area contributed by atoms with E-state index in [1.54, 1.807) is 0 Å². The van der Waals surface area contributed by atoms with Crippen molar-refractivity contribution in [2.24, 2.45) is 5.41 Å². The molecule has 1 aromatic rings. The van der Waals surface area contributed by atoms with E-state index in [-0.39, 0.29) is 27.4 Å². The van der Waals surface area contributed by atoms with E-state index in [4.69, 9.17) is 21.4 Å². The molecule has 0 radical (unpaired) electrons. The van der Waals surface area contributed by atoms with Crippen LogP contribution >= 0.6 is 11.6 Å². The minimum atomic E-state index is -1.16. The number of carboxylic acids is 1. The predicted octanol–water partition coefficient (Wildman–Crippen LogP) is 3.21. The van der Waals surface area contributed by atoms with Gasteiger partial charge in [0.25, 0.3) is 0 Å². The molecule has 1 aromatic carbocycles. The normalized spacial score (nSPS) is 10.9. The van der Waals surface area contributed by atoms with Crippen LogP contribution in [0.5, 0.6) is 5.75 Å². The van der Waals surface area contributed by atoms with Gasteiger partial charge in [-0.1, -0.05) is 32.4 Å². The number of nitrogens with one attached hydrogen (secondary N) is 2. The molecule has 3 N–H and O–H groups in total. The van der Waals surface area contributed by atoms with E-state index in [2.05, 4.69) is 10.6 Å². The Labute approximate surface area is 128 Å². The summed E-state index contributed by atoms with van der Waals surface area (Å²) in [5.74, 6) is -1.03. The standard InChI is InChI=1S/C14H19ClN2O4/c1-14(2,3)7-16-13(20)17-10-6-11(21-4)8(12(18)19)5-9(10)15/h5-6H,7H2,1-4H3,(H,18,19)(H2,16,17,20). The minimum Gasteiger partial charge on any atom is -0.496 e. The Morgan fingerprint density at radius 3 is 2.43 bits per heavy atom. The molecule has 0 aliphatic carbocycles. The highest BCUT2D eigenvalue weighted by atomic mass is 35.5. The number of anilines is 1. The van der Waals surface area contributed by atoms with Crippen molar-refractivity contribution >= 4 is 29.3 Å². The van der Waals surface area contributed by atoms with E-state index in [0.717, 1.165) is 0 Å². The zero-order chi connectivity index (χ0) is 16.2. The number of carbonyl (C=O) groups excluding carboxylic acids is 1. The molecule has 7 heteroatoms. The van der Waals surface area contributed by atoms with E-state index in [9.17, 15) is 9.59 Å². The monoisotopic (exact) mass is 314 g/mol. The number of hydrogen-bond acceptors (Lipinski definition) is 3. The molecule has 21 heavy (non-hydrogen) atoms. The number of halogens is 1. The molecular weight excluding hydrogens is 296 g/mol. The fraction of sp³-hybridized carbons (Fsp3) is 0.429. The molecule has 0 saturated heterocycles. The van der Waals surface area contributed by atoms with Crippen LogP contribution in [0.4, 0.5) is 10.5 Å². The number of carbonyl (C=O) groups is 2. The first kappa shape index (κ1) is 17.1. The van der Waals surface area contributed by atoms with Crippen molar-refractivity contribution in [1.82, 2.24) is 5.32 Å². The van der Waals surface area contributed by atoms with Crippen LogP contribution in [0.2, 0.25) is 5.02 Å². The molecule has 0 aliphatic heterocycles. The third-order valence-corrected chi connectivity index (χ3v) is 2.86. The summed E-state index contributed by atoms with van der Waals surface area (Å²) in [5, 5.41) is 14.4. The topological polar surface area (TPSA) is 87.7 Å². The number of amides is 2. The van der Waals surface area contributed by atoms with E-state index in [0.29, 0.717) is 6.54 Å². The summed E-state index contributed by atoms with van der Waals surface area (Å²) in [6.45, 7) is 6.46. The molecule has 116 valence electrons. The molecule has 0 fully saturated rings. The Hall–Kier alpha value is -1.95. The van der Waals surface area contributed by atoms with Gasteiger partial charge in [0.05, 0.1) is 17.8 Å². The fourth-order valence-electron chi connectivity index (χ4n) is 1.50. The SMILES string of the molecule is COc1cc(NC(=O)NCC(C)(C)C)c(Cl)cc1C(=O)O. The number of carboxylic acid groups (broad SMARTS) is 1. The van der Waals surface area contributed by atoms with Gasteiger partial charge in [-0.15, -0.1) is 0 Å². The van der Waals surface area contributed by atoms with Gasteiger partial charge in [-0.2, -0.15) is 0 Å². The van der Waals surface area contributed by atoms with Crippen LogP contribution in [0.25, 0.3) is 0 Å². The van der Waals surface area contributed by atoms with E-state index >= 15 is 0 Å². The Balaban J connectivity index is 2.89. The van der Waals surface area contributed by atoms with Gasteiger partial charge < -0.3 is 20.5 Å². The average Bonchev–Trinajstić information content (AvgIpc) is 2.37. The molecule has 0 heterocycles. The van der Waals surface area contributed by atoms with Crippen molar-refractivity contribution in [2.45, 2.75) is 20.8 Å². The predicted molar refractivity (Wildman–Crippen MR) is 81.4 cm³/mol. The van der Waals surface area contributed by atoms with Gasteiger partial charge in [-0.25, -0.2) is 9.59 Å². The zero-order valence-electron chi connectivity index (χ0n) is 12.4. The second kappa shape index (κ2) is 6.67. The van der Waals surface area contributed by atoms with E-state index in [1.807, 2.05) is 20.8 Å². The first-order valence-electron chi connectivity index (χ1n) is 6.30. The van der Waals surface area contributed by atoms with Crippen molar-refractivity contribution in [3.05, 3.63) is 22.7 Å². The molecular formula is C14H19ClN2O4. The number of rotatable bonds is 4. The maximum atomic E-state index is 11.8. The summed E-state index contributed by atoms with van der Waals surface area (Å²) < 4.78 is 4.99. The highest BCUT2D eigenvalue weighted by molar-refractivity contribution is 6.34. The molecule has 0 saturated carbocycles. The Morgan fingerprint density at radius 1 is 1.33 bits per heavy atom. The van der Waals surface area contributed by atoms with E-state index < -0.39 is 12.0 Å². The highest BCUT2D eigenvalue weighted by Crippen LogP contribution is 2.31. The number of ether oxygens (including phenoxy) is 1. The summed E-state index contributed by atoms with van der Waals surface area (Å²) in [6.07, 6.45) is 0. The van der Waals surface area contributed by atoms with Crippen molar-refractivity contribution in [2.75, 3.05) is 19.0 Å². The van der Waals surface area contributed by atoms with Crippen LogP contribution in [-0.2, 0) is 0 Å². The summed E-state index contributed by atoms with van der Waals surface area (Å²) in [5.41, 5.74) is 0.166. The number of urea groups is 1. The van der Waals surface area contributed by atoms with Gasteiger partial charge in [0.15, 0.2) is 0 Å². The number of methoxy groups -OCH3 is 1. The van der Waals surface area contributed by atoms with Crippen LogP contribution < -0.4 is 15.4 Å². The van der Waals surface area contributed by atoms with Gasteiger partial charge in [-0.3, -0.25) is 0 Å². The average molecular weight is 315 g/mol. The van der Waals surface area contributed by atoms with Gasteiger partial charge >= 0.3 is 12.0 Å². The molecule has 0 aliphatic rings. The summed E-state index contributed by atoms with van der Waals surface area (Å²) in [4.78, 5) is 22.8. The lowest BCUT2D eigenvalue weighted by atomic mass is 9.97. The van der Waals surface area contributed by atoms with Crippen molar-refractivity contribution in [3.8, 4) is 5.75 Å². The van der Waals surface area contributed by atoms with Crippen LogP contribution in [0.1, 0.15) is 31.1 Å². The third kappa shape index (κ3) is 5.15.